The lowest BCUT2D eigenvalue weighted by atomic mass is 9.93. The van der Waals surface area contributed by atoms with Gasteiger partial charge in [-0.2, -0.15) is 5.21 Å². The number of hydrogen-bond acceptors (Lipinski definition) is 5. The molecule has 15 heavy (non-hydrogen) atoms. The van der Waals surface area contributed by atoms with Gasteiger partial charge in [0.1, 0.15) is 0 Å². The van der Waals surface area contributed by atoms with Gasteiger partial charge in [-0.3, -0.25) is 4.79 Å². The molecule has 0 unspecified atom stereocenters. The van der Waals surface area contributed by atoms with Gasteiger partial charge in [0, 0.05) is 6.04 Å². The molecule has 2 rings (SSSR count). The first-order valence-electron chi connectivity index (χ1n) is 4.98. The molecule has 0 atom stereocenters. The largest absolute Gasteiger partial charge is 0.393 e. The number of tetrazole rings is 1. The number of hydrogen-bond donors (Lipinski definition) is 3. The van der Waals surface area contributed by atoms with Crippen LogP contribution in [0.4, 0.5) is 0 Å². The van der Waals surface area contributed by atoms with Crippen LogP contribution in [-0.4, -0.2) is 43.8 Å². The molecule has 0 bridgehead atoms. The summed E-state index contributed by atoms with van der Waals surface area (Å²) >= 11 is 0. The van der Waals surface area contributed by atoms with Gasteiger partial charge in [-0.05, 0) is 30.9 Å². The van der Waals surface area contributed by atoms with Crippen LogP contribution in [0.5, 0.6) is 0 Å². The summed E-state index contributed by atoms with van der Waals surface area (Å²) in [5.74, 6) is -0.258. The van der Waals surface area contributed by atoms with Gasteiger partial charge in [-0.15, -0.1) is 10.2 Å². The Balaban J connectivity index is 1.85. The smallest absolute Gasteiger partial charge is 0.293 e. The second kappa shape index (κ2) is 4.35. The van der Waals surface area contributed by atoms with Crippen LogP contribution in [0, 0.1) is 0 Å². The zero-order valence-electron chi connectivity index (χ0n) is 8.18. The number of H-pyrrole nitrogens is 1. The first kappa shape index (κ1) is 10.0. The third kappa shape index (κ3) is 2.50. The summed E-state index contributed by atoms with van der Waals surface area (Å²) in [5, 5.41) is 24.8. The van der Waals surface area contributed by atoms with E-state index in [1.54, 1.807) is 0 Å². The van der Waals surface area contributed by atoms with E-state index in [9.17, 15) is 9.90 Å². The Hall–Kier alpha value is -1.50. The Morgan fingerprint density at radius 3 is 2.73 bits per heavy atom. The van der Waals surface area contributed by atoms with Crippen molar-refractivity contribution < 1.29 is 9.90 Å². The third-order valence-corrected chi connectivity index (χ3v) is 2.58. The maximum absolute atomic E-state index is 11.5. The van der Waals surface area contributed by atoms with E-state index < -0.39 is 0 Å². The van der Waals surface area contributed by atoms with Crippen LogP contribution in [0.2, 0.25) is 0 Å². The first-order chi connectivity index (χ1) is 7.25. The van der Waals surface area contributed by atoms with Gasteiger partial charge in [0.25, 0.3) is 11.7 Å². The molecule has 0 aromatic carbocycles. The lowest BCUT2D eigenvalue weighted by Crippen LogP contribution is -2.39. The summed E-state index contributed by atoms with van der Waals surface area (Å²) in [6.45, 7) is 0. The number of aromatic nitrogens is 4. The van der Waals surface area contributed by atoms with Crippen LogP contribution in [0.1, 0.15) is 36.3 Å². The molecular formula is C8H13N5O2. The molecule has 0 saturated heterocycles. The Bertz CT molecular complexity index is 318. The molecule has 7 nitrogen and oxygen atoms in total. The fourth-order valence-corrected chi connectivity index (χ4v) is 1.73. The predicted octanol–water partition coefficient (Wildman–Crippen LogP) is -0.767. The molecule has 1 amide bonds. The Labute approximate surface area is 86.3 Å². The number of rotatable bonds is 2. The quantitative estimate of drug-likeness (QED) is 0.596. The molecule has 1 aliphatic rings. The van der Waals surface area contributed by atoms with Crippen molar-refractivity contribution >= 4 is 5.91 Å². The number of carbonyl (C=O) groups excluding carboxylic acids is 1. The van der Waals surface area contributed by atoms with E-state index in [4.69, 9.17) is 0 Å². The number of aromatic amines is 1. The Morgan fingerprint density at radius 2 is 2.13 bits per heavy atom. The van der Waals surface area contributed by atoms with Gasteiger partial charge in [0.15, 0.2) is 0 Å². The minimum atomic E-state index is -0.315. The molecule has 1 aromatic heterocycles. The van der Waals surface area contributed by atoms with Crippen LogP contribution in [-0.2, 0) is 0 Å². The van der Waals surface area contributed by atoms with E-state index in [2.05, 4.69) is 25.9 Å². The van der Waals surface area contributed by atoms with Gasteiger partial charge in [0.2, 0.25) is 0 Å². The van der Waals surface area contributed by atoms with E-state index in [1.165, 1.54) is 0 Å². The molecule has 1 fully saturated rings. The zero-order chi connectivity index (χ0) is 10.7. The van der Waals surface area contributed by atoms with Crippen LogP contribution >= 0.6 is 0 Å². The topological polar surface area (TPSA) is 104 Å². The highest BCUT2D eigenvalue weighted by atomic mass is 16.3. The molecule has 3 N–H and O–H groups in total. The van der Waals surface area contributed by atoms with Crippen molar-refractivity contribution in [2.24, 2.45) is 0 Å². The number of aliphatic hydroxyl groups excluding tert-OH is 1. The maximum Gasteiger partial charge on any atom is 0.293 e. The third-order valence-electron chi connectivity index (χ3n) is 2.58. The Morgan fingerprint density at radius 1 is 1.40 bits per heavy atom. The van der Waals surface area contributed by atoms with Crippen LogP contribution in [0.15, 0.2) is 0 Å². The lowest BCUT2D eigenvalue weighted by Gasteiger charge is -2.25. The normalized spacial score (nSPS) is 26.2. The van der Waals surface area contributed by atoms with E-state index >= 15 is 0 Å². The minimum Gasteiger partial charge on any atom is -0.393 e. The minimum absolute atomic E-state index is 0.0566. The lowest BCUT2D eigenvalue weighted by molar-refractivity contribution is 0.0858. The average molecular weight is 211 g/mol. The van der Waals surface area contributed by atoms with E-state index in [-0.39, 0.29) is 23.9 Å². The summed E-state index contributed by atoms with van der Waals surface area (Å²) in [7, 11) is 0. The summed E-state index contributed by atoms with van der Waals surface area (Å²) in [5.41, 5.74) is 0. The highest BCUT2D eigenvalue weighted by molar-refractivity contribution is 5.90. The fraction of sp³-hybridized carbons (Fsp3) is 0.750. The highest BCUT2D eigenvalue weighted by Crippen LogP contribution is 2.18. The summed E-state index contributed by atoms with van der Waals surface area (Å²) in [6.07, 6.45) is 2.84. The SMILES string of the molecule is O=C(NC1CCC(O)CC1)c1nn[nH]n1. The van der Waals surface area contributed by atoms with Crippen LogP contribution in [0.3, 0.4) is 0 Å². The van der Waals surface area contributed by atoms with Gasteiger partial charge in [-0.25, -0.2) is 0 Å². The molecule has 1 saturated carbocycles. The van der Waals surface area contributed by atoms with Crippen molar-refractivity contribution in [3.63, 3.8) is 0 Å². The second-order valence-electron chi connectivity index (χ2n) is 3.71. The predicted molar refractivity (Wildman–Crippen MR) is 49.9 cm³/mol. The molecule has 7 heteroatoms. The van der Waals surface area contributed by atoms with E-state index in [1.807, 2.05) is 0 Å². The number of nitrogens with one attached hydrogen (secondary N) is 2. The molecule has 82 valence electrons. The average Bonchev–Trinajstić information content (AvgIpc) is 2.74. The van der Waals surface area contributed by atoms with Crippen molar-refractivity contribution in [2.45, 2.75) is 37.8 Å². The van der Waals surface area contributed by atoms with Crippen molar-refractivity contribution in [1.82, 2.24) is 25.9 Å². The standard InChI is InChI=1S/C8H13N5O2/c14-6-3-1-5(2-4-6)9-8(15)7-10-12-13-11-7/h5-6,14H,1-4H2,(H,9,15)(H,10,11,12,13). The number of amides is 1. The molecule has 1 aliphatic carbocycles. The van der Waals surface area contributed by atoms with Crippen molar-refractivity contribution in [3.05, 3.63) is 5.82 Å². The first-order valence-corrected chi connectivity index (χ1v) is 4.98. The summed E-state index contributed by atoms with van der Waals surface area (Å²) in [6, 6.07) is 0.111. The number of carbonyl (C=O) groups is 1. The number of nitrogens with zero attached hydrogens (tertiary/aromatic N) is 3. The molecule has 0 aliphatic heterocycles. The van der Waals surface area contributed by atoms with Crippen molar-refractivity contribution in [2.75, 3.05) is 0 Å². The number of aliphatic hydroxyl groups is 1. The fourth-order valence-electron chi connectivity index (χ4n) is 1.73. The van der Waals surface area contributed by atoms with Crippen LogP contribution < -0.4 is 5.32 Å². The van der Waals surface area contributed by atoms with Crippen LogP contribution in [0.25, 0.3) is 0 Å². The highest BCUT2D eigenvalue weighted by Gasteiger charge is 2.22. The van der Waals surface area contributed by atoms with E-state index in [0.717, 1.165) is 25.7 Å². The Kier molecular flexibility index (Phi) is 2.91. The summed E-state index contributed by atoms with van der Waals surface area (Å²) in [4.78, 5) is 11.5. The van der Waals surface area contributed by atoms with Gasteiger partial charge in [-0.1, -0.05) is 0 Å². The van der Waals surface area contributed by atoms with Crippen molar-refractivity contribution in [1.29, 1.82) is 0 Å². The summed E-state index contributed by atoms with van der Waals surface area (Å²) < 4.78 is 0. The van der Waals surface area contributed by atoms with Crippen molar-refractivity contribution in [3.8, 4) is 0 Å². The molecular weight excluding hydrogens is 198 g/mol. The van der Waals surface area contributed by atoms with Gasteiger partial charge >= 0.3 is 0 Å². The molecule has 0 spiro atoms. The monoisotopic (exact) mass is 211 g/mol. The van der Waals surface area contributed by atoms with E-state index in [0.29, 0.717) is 0 Å². The molecule has 0 radical (unpaired) electrons. The maximum atomic E-state index is 11.5. The van der Waals surface area contributed by atoms with Gasteiger partial charge in [0.05, 0.1) is 6.10 Å². The van der Waals surface area contributed by atoms with Gasteiger partial charge < -0.3 is 10.4 Å². The molecule has 1 heterocycles. The zero-order valence-corrected chi connectivity index (χ0v) is 8.18. The molecule has 1 aromatic rings. The second-order valence-corrected chi connectivity index (χ2v) is 3.71.